The number of esters is 1. The van der Waals surface area contributed by atoms with Crippen LogP contribution in [0.4, 0.5) is 0 Å². The molecular formula is C41H74BN5O12. The van der Waals surface area contributed by atoms with Gasteiger partial charge in [0, 0.05) is 57.2 Å². The summed E-state index contributed by atoms with van der Waals surface area (Å²) in [5.74, 6) is -2.73. The number of rotatable bonds is 10. The first-order valence-electron chi connectivity index (χ1n) is 21.3. The molecule has 3 aliphatic rings. The van der Waals surface area contributed by atoms with Crippen LogP contribution in [0.2, 0.25) is 0 Å². The summed E-state index contributed by atoms with van der Waals surface area (Å²) >= 11 is 0. The number of hydrogen-bond donors (Lipinski definition) is 5. The lowest BCUT2D eigenvalue weighted by atomic mass is 9.77. The zero-order chi connectivity index (χ0) is 44.4. The minimum atomic E-state index is -1.82. The SMILES string of the molecule is [B]n1cc(CCN(C)[C@H]2C[C@@H](C)O[C@H](O[C@@H]3[C@@H](C)[C@H](O[C@H]4C[C@@](C)(OC)[C@@H](O)[C@H](C)O4)[C@@H](C)C(=O)O[C@H](CC)[C@@](C)(O)[C@H](O)[C@@H](C)N(C)C[C@H](C)C[C@@]3(C)O)[C@@H]2O)nn1. The number of likely N-dealkylation sites (N-methyl/N-ethyl adjacent to an activating group) is 2. The highest BCUT2D eigenvalue weighted by Gasteiger charge is 2.52. The van der Waals surface area contributed by atoms with E-state index in [2.05, 4.69) is 10.3 Å². The first-order valence-corrected chi connectivity index (χ1v) is 21.3. The first-order chi connectivity index (χ1) is 27.4. The third kappa shape index (κ3) is 11.6. The molecule has 0 unspecified atom stereocenters. The van der Waals surface area contributed by atoms with E-state index in [0.29, 0.717) is 31.6 Å². The Balaban J connectivity index is 1.77. The van der Waals surface area contributed by atoms with Crippen molar-refractivity contribution < 1.29 is 58.7 Å². The number of cyclic esters (lactones) is 1. The molecule has 0 aliphatic carbocycles. The van der Waals surface area contributed by atoms with Gasteiger partial charge in [0.25, 0.3) is 7.98 Å². The van der Waals surface area contributed by atoms with Crippen LogP contribution in [-0.4, -0.2) is 189 Å². The molecule has 338 valence electrons. The molecule has 18 atom stereocenters. The van der Waals surface area contributed by atoms with E-state index in [-0.39, 0.29) is 31.3 Å². The minimum Gasteiger partial charge on any atom is -0.459 e. The summed E-state index contributed by atoms with van der Waals surface area (Å²) < 4.78 is 39.1. The first kappa shape index (κ1) is 49.8. The predicted molar refractivity (Wildman–Crippen MR) is 218 cm³/mol. The molecule has 4 rings (SSSR count). The summed E-state index contributed by atoms with van der Waals surface area (Å²) in [6.45, 7) is 18.5. The van der Waals surface area contributed by atoms with E-state index in [9.17, 15) is 30.3 Å². The van der Waals surface area contributed by atoms with Crippen molar-refractivity contribution in [2.24, 2.45) is 17.8 Å². The number of hydrogen-bond acceptors (Lipinski definition) is 16. The zero-order valence-corrected chi connectivity index (χ0v) is 37.6. The fourth-order valence-corrected chi connectivity index (χ4v) is 9.55. The van der Waals surface area contributed by atoms with Crippen LogP contribution in [0.3, 0.4) is 0 Å². The van der Waals surface area contributed by atoms with Gasteiger partial charge in [0.2, 0.25) is 0 Å². The third-order valence-corrected chi connectivity index (χ3v) is 13.4. The monoisotopic (exact) mass is 840 g/mol. The van der Waals surface area contributed by atoms with Crippen LogP contribution in [0.5, 0.6) is 0 Å². The van der Waals surface area contributed by atoms with Crippen LogP contribution >= 0.6 is 0 Å². The van der Waals surface area contributed by atoms with Crippen molar-refractivity contribution in [2.45, 2.75) is 192 Å². The molecule has 17 nitrogen and oxygen atoms in total. The second-order valence-corrected chi connectivity index (χ2v) is 18.6. The van der Waals surface area contributed by atoms with Crippen molar-refractivity contribution in [2.75, 3.05) is 34.3 Å². The van der Waals surface area contributed by atoms with Crippen LogP contribution in [0.25, 0.3) is 0 Å². The van der Waals surface area contributed by atoms with Gasteiger partial charge in [-0.3, -0.25) is 4.79 Å². The summed E-state index contributed by atoms with van der Waals surface area (Å²) in [7, 11) is 10.9. The van der Waals surface area contributed by atoms with Gasteiger partial charge in [-0.2, -0.15) is 0 Å². The molecule has 0 amide bonds. The molecular weight excluding hydrogens is 765 g/mol. The number of methoxy groups -OCH3 is 1. The quantitative estimate of drug-likeness (QED) is 0.165. The van der Waals surface area contributed by atoms with Crippen molar-refractivity contribution in [3.63, 3.8) is 0 Å². The molecule has 0 aromatic carbocycles. The Morgan fingerprint density at radius 2 is 1.68 bits per heavy atom. The molecule has 3 aliphatic heterocycles. The molecule has 0 bridgehead atoms. The minimum absolute atomic E-state index is 0.110. The molecule has 1 aromatic rings. The Morgan fingerprint density at radius 3 is 2.27 bits per heavy atom. The van der Waals surface area contributed by atoms with E-state index < -0.39 is 102 Å². The van der Waals surface area contributed by atoms with E-state index in [1.54, 1.807) is 47.7 Å². The number of nitrogens with zero attached hydrogens (tertiary/aromatic N) is 5. The number of carbonyl (C=O) groups is 1. The second-order valence-electron chi connectivity index (χ2n) is 18.6. The Kier molecular flexibility index (Phi) is 17.0. The Morgan fingerprint density at radius 1 is 1.02 bits per heavy atom. The average molecular weight is 840 g/mol. The summed E-state index contributed by atoms with van der Waals surface area (Å²) in [4.78, 5) is 18.3. The third-order valence-electron chi connectivity index (χ3n) is 13.4. The van der Waals surface area contributed by atoms with Gasteiger partial charge in [-0.15, -0.1) is 5.10 Å². The molecule has 3 saturated heterocycles. The topological polar surface area (TPSA) is 211 Å². The van der Waals surface area contributed by atoms with Gasteiger partial charge in [0.05, 0.1) is 47.2 Å². The van der Waals surface area contributed by atoms with E-state index in [1.807, 2.05) is 44.7 Å². The van der Waals surface area contributed by atoms with Crippen LogP contribution < -0.4 is 0 Å². The number of aliphatic hydroxyl groups is 5. The second kappa shape index (κ2) is 20.1. The van der Waals surface area contributed by atoms with Crippen LogP contribution in [0, 0.1) is 17.8 Å². The van der Waals surface area contributed by atoms with E-state index >= 15 is 0 Å². The Bertz CT molecular complexity index is 1490. The van der Waals surface area contributed by atoms with Gasteiger partial charge in [-0.1, -0.05) is 26.0 Å². The van der Waals surface area contributed by atoms with Crippen LogP contribution in [0.1, 0.15) is 101 Å². The van der Waals surface area contributed by atoms with E-state index in [4.69, 9.17) is 36.4 Å². The van der Waals surface area contributed by atoms with Crippen molar-refractivity contribution in [3.05, 3.63) is 11.9 Å². The lowest BCUT2D eigenvalue weighted by Gasteiger charge is -2.49. The fraction of sp³-hybridized carbons (Fsp3) is 0.927. The van der Waals surface area contributed by atoms with Gasteiger partial charge >= 0.3 is 5.97 Å². The molecule has 3 fully saturated rings. The van der Waals surface area contributed by atoms with E-state index in [0.717, 1.165) is 4.59 Å². The van der Waals surface area contributed by atoms with Gasteiger partial charge in [-0.25, -0.2) is 0 Å². The van der Waals surface area contributed by atoms with E-state index in [1.165, 1.54) is 14.0 Å². The molecule has 5 N–H and O–H groups in total. The molecule has 0 saturated carbocycles. The Labute approximate surface area is 352 Å². The predicted octanol–water partition coefficient (Wildman–Crippen LogP) is 1.04. The largest absolute Gasteiger partial charge is 0.459 e. The lowest BCUT2D eigenvalue weighted by Crippen LogP contribution is -2.61. The summed E-state index contributed by atoms with van der Waals surface area (Å²) in [5.41, 5.74) is -3.78. The van der Waals surface area contributed by atoms with Crippen molar-refractivity contribution >= 4 is 14.0 Å². The highest BCUT2D eigenvalue weighted by Crippen LogP contribution is 2.40. The maximum atomic E-state index is 14.3. The van der Waals surface area contributed by atoms with Gasteiger partial charge in [-0.05, 0) is 87.7 Å². The molecule has 2 radical (unpaired) electrons. The molecule has 59 heavy (non-hydrogen) atoms. The molecule has 18 heteroatoms. The standard InChI is InChI=1S/C41H74BN5O12/c1-14-30-41(10,53)34(49)26(6)46(12)20-22(2)18-39(8,52)36(59-38-32(48)29(17-23(3)55-38)45(11)16-15-28-21-47(42)44-43-28)24(4)33(25(5)37(51)57-30)58-31-19-40(9,54-13)35(50)27(7)56-31/h21-27,29-36,38,48-50,52-53H,14-20H2,1-13H3/t22-,23-,24+,25-,26-,27+,29+,30-,31+,32-,33+,34-,35+,36-,38-,39-,40-,41-/m1/s1. The zero-order valence-electron chi connectivity index (χ0n) is 37.6. The highest BCUT2D eigenvalue weighted by atomic mass is 16.7. The van der Waals surface area contributed by atoms with Gasteiger partial charge in [0.15, 0.2) is 12.6 Å². The van der Waals surface area contributed by atoms with Crippen LogP contribution in [-0.2, 0) is 39.6 Å². The number of aromatic nitrogens is 3. The molecule has 0 spiro atoms. The maximum Gasteiger partial charge on any atom is 0.311 e. The molecule has 4 heterocycles. The normalized spacial score (nSPS) is 45.1. The summed E-state index contributed by atoms with van der Waals surface area (Å²) in [6.07, 6.45) is -6.66. The average Bonchev–Trinajstić information content (AvgIpc) is 3.59. The fourth-order valence-electron chi connectivity index (χ4n) is 9.55. The number of carbonyl (C=O) groups excluding carboxylic acids is 1. The van der Waals surface area contributed by atoms with Crippen molar-refractivity contribution in [1.82, 2.24) is 24.7 Å². The Hall–Kier alpha value is -1.81. The van der Waals surface area contributed by atoms with Gasteiger partial charge in [0.1, 0.15) is 30.0 Å². The lowest BCUT2D eigenvalue weighted by molar-refractivity contribution is -0.318. The number of aliphatic hydroxyl groups excluding tert-OH is 3. The summed E-state index contributed by atoms with van der Waals surface area (Å²) in [6, 6.07) is -0.955. The summed E-state index contributed by atoms with van der Waals surface area (Å²) in [5, 5.41) is 66.9. The van der Waals surface area contributed by atoms with Crippen molar-refractivity contribution in [1.29, 1.82) is 0 Å². The maximum absolute atomic E-state index is 14.3. The highest BCUT2D eigenvalue weighted by molar-refractivity contribution is 6.05. The smallest absolute Gasteiger partial charge is 0.311 e. The van der Waals surface area contributed by atoms with Crippen molar-refractivity contribution in [3.8, 4) is 0 Å². The number of ether oxygens (including phenoxy) is 6. The van der Waals surface area contributed by atoms with Gasteiger partial charge < -0.3 is 68.3 Å². The molecule has 1 aromatic heterocycles. The van der Waals surface area contributed by atoms with Crippen LogP contribution in [0.15, 0.2) is 6.20 Å².